The summed E-state index contributed by atoms with van der Waals surface area (Å²) in [6.07, 6.45) is -2.43. The van der Waals surface area contributed by atoms with Gasteiger partial charge in [0.15, 0.2) is 0 Å². The smallest absolute Gasteiger partial charge is 0.335 e. The number of carbonyl (C=O) groups excluding carboxylic acids is 2. The van der Waals surface area contributed by atoms with Crippen molar-refractivity contribution in [1.29, 1.82) is 0 Å². The molecule has 1 atom stereocenters. The number of alkyl halides is 2. The van der Waals surface area contributed by atoms with E-state index in [1.807, 2.05) is 0 Å². The Kier molecular flexibility index (Phi) is 6.62. The molecule has 1 amide bonds. The summed E-state index contributed by atoms with van der Waals surface area (Å²) in [6, 6.07) is 11.2. The number of aromatic carboxylic acids is 1. The number of aldehydes is 1. The summed E-state index contributed by atoms with van der Waals surface area (Å²) in [7, 11) is 1.36. The Morgan fingerprint density at radius 3 is 2.47 bits per heavy atom. The summed E-state index contributed by atoms with van der Waals surface area (Å²) in [5.41, 5.74) is -0.226. The van der Waals surface area contributed by atoms with E-state index in [1.54, 1.807) is 19.1 Å². The third-order valence-corrected chi connectivity index (χ3v) is 4.67. The molecule has 1 heterocycles. The molecule has 0 aliphatic rings. The number of nitrogens with one attached hydrogen (secondary N) is 1. The summed E-state index contributed by atoms with van der Waals surface area (Å²) < 4.78 is 33.9. The number of nitrogens with zero attached hydrogens (tertiary/aromatic N) is 2. The second-order valence-corrected chi connectivity index (χ2v) is 6.90. The summed E-state index contributed by atoms with van der Waals surface area (Å²) in [5.74, 6) is -1.98. The fourth-order valence-electron chi connectivity index (χ4n) is 3.04. The van der Waals surface area contributed by atoms with Crippen molar-refractivity contribution in [2.75, 3.05) is 0 Å². The Hall–Kier alpha value is -4.08. The second-order valence-electron chi connectivity index (χ2n) is 6.90. The Morgan fingerprint density at radius 2 is 1.88 bits per heavy atom. The fourth-order valence-corrected chi connectivity index (χ4v) is 3.04. The third-order valence-electron chi connectivity index (χ3n) is 4.67. The topological polar surface area (TPSA) is 111 Å². The standard InChI is InChI=1S/C22H19F2N3O5/c1-12(14-6-8-15(9-7-14)22(30)31)25-20(29)17-18(19(23)24)26-27(2)21(17)32-16-5-3-4-13(10-16)11-28/h3-12,19H,1-2H3,(H,25,29)(H,30,31)/t12-/m0/s1. The van der Waals surface area contributed by atoms with E-state index < -0.39 is 35.6 Å². The van der Waals surface area contributed by atoms with Crippen LogP contribution in [0, 0.1) is 0 Å². The van der Waals surface area contributed by atoms with Gasteiger partial charge in [-0.3, -0.25) is 9.59 Å². The van der Waals surface area contributed by atoms with Crippen molar-refractivity contribution >= 4 is 18.2 Å². The Morgan fingerprint density at radius 1 is 1.19 bits per heavy atom. The van der Waals surface area contributed by atoms with Crippen LogP contribution < -0.4 is 10.1 Å². The minimum absolute atomic E-state index is 0.0766. The molecule has 0 radical (unpaired) electrons. The SMILES string of the molecule is C[C@H](NC(=O)c1c(C(F)F)nn(C)c1Oc1cccc(C=O)c1)c1ccc(C(=O)O)cc1. The first kappa shape index (κ1) is 22.6. The van der Waals surface area contributed by atoms with Crippen LogP contribution in [0.1, 0.15) is 61.7 Å². The van der Waals surface area contributed by atoms with Gasteiger partial charge in [-0.15, -0.1) is 0 Å². The van der Waals surface area contributed by atoms with Crippen LogP contribution >= 0.6 is 0 Å². The van der Waals surface area contributed by atoms with Gasteiger partial charge in [0.25, 0.3) is 12.3 Å². The maximum absolute atomic E-state index is 13.6. The largest absolute Gasteiger partial charge is 0.478 e. The zero-order valence-electron chi connectivity index (χ0n) is 17.1. The molecular weight excluding hydrogens is 424 g/mol. The van der Waals surface area contributed by atoms with Crippen molar-refractivity contribution < 1.29 is 33.0 Å². The number of carbonyl (C=O) groups is 3. The quantitative estimate of drug-likeness (QED) is 0.506. The number of amides is 1. The highest BCUT2D eigenvalue weighted by Crippen LogP contribution is 2.33. The molecule has 1 aromatic heterocycles. The van der Waals surface area contributed by atoms with Crippen LogP contribution in [0.15, 0.2) is 48.5 Å². The first-order valence-electron chi connectivity index (χ1n) is 9.43. The highest BCUT2D eigenvalue weighted by molar-refractivity contribution is 5.98. The van der Waals surface area contributed by atoms with Crippen LogP contribution in [0.4, 0.5) is 8.78 Å². The molecule has 3 rings (SSSR count). The van der Waals surface area contributed by atoms with Crippen molar-refractivity contribution in [3.8, 4) is 11.6 Å². The van der Waals surface area contributed by atoms with Gasteiger partial charge in [-0.2, -0.15) is 5.10 Å². The number of benzene rings is 2. The molecule has 0 aliphatic heterocycles. The average Bonchev–Trinajstić information content (AvgIpc) is 3.10. The molecule has 0 bridgehead atoms. The number of hydrogen-bond donors (Lipinski definition) is 2. The van der Waals surface area contributed by atoms with Crippen LogP contribution in [0.25, 0.3) is 0 Å². The van der Waals surface area contributed by atoms with Gasteiger partial charge < -0.3 is 15.2 Å². The lowest BCUT2D eigenvalue weighted by Gasteiger charge is -2.16. The van der Waals surface area contributed by atoms with E-state index in [9.17, 15) is 23.2 Å². The molecule has 2 N–H and O–H groups in total. The van der Waals surface area contributed by atoms with E-state index in [-0.39, 0.29) is 17.2 Å². The van der Waals surface area contributed by atoms with Gasteiger partial charge in [0.05, 0.1) is 11.6 Å². The molecule has 0 unspecified atom stereocenters. The van der Waals surface area contributed by atoms with Gasteiger partial charge in [0, 0.05) is 12.6 Å². The molecule has 10 heteroatoms. The maximum atomic E-state index is 13.6. The van der Waals surface area contributed by atoms with Crippen LogP contribution in [0.3, 0.4) is 0 Å². The van der Waals surface area contributed by atoms with Crippen LogP contribution in [0.2, 0.25) is 0 Å². The zero-order valence-corrected chi connectivity index (χ0v) is 17.1. The number of hydrogen-bond acceptors (Lipinski definition) is 5. The molecule has 0 aliphatic carbocycles. The van der Waals surface area contributed by atoms with E-state index >= 15 is 0 Å². The Bertz CT molecular complexity index is 1160. The van der Waals surface area contributed by atoms with Crippen molar-refractivity contribution in [2.45, 2.75) is 19.4 Å². The molecule has 0 saturated heterocycles. The predicted octanol–water partition coefficient (Wildman–Crippen LogP) is 4.15. The summed E-state index contributed by atoms with van der Waals surface area (Å²) >= 11 is 0. The summed E-state index contributed by atoms with van der Waals surface area (Å²) in [6.45, 7) is 1.63. The average molecular weight is 443 g/mol. The first-order chi connectivity index (χ1) is 15.2. The summed E-state index contributed by atoms with van der Waals surface area (Å²) in [5, 5.41) is 15.3. The van der Waals surface area contributed by atoms with Crippen molar-refractivity contribution in [3.05, 3.63) is 76.5 Å². The number of aryl methyl sites for hydroxylation is 1. The van der Waals surface area contributed by atoms with Gasteiger partial charge in [0.1, 0.15) is 23.3 Å². The van der Waals surface area contributed by atoms with Crippen LogP contribution in [0.5, 0.6) is 11.6 Å². The third kappa shape index (κ3) is 4.80. The molecule has 3 aromatic rings. The second kappa shape index (κ2) is 9.38. The van der Waals surface area contributed by atoms with Gasteiger partial charge in [-0.05, 0) is 36.8 Å². The number of carboxylic acid groups (broad SMARTS) is 1. The van der Waals surface area contributed by atoms with Gasteiger partial charge in [-0.25, -0.2) is 18.3 Å². The number of rotatable bonds is 8. The van der Waals surface area contributed by atoms with Gasteiger partial charge >= 0.3 is 5.97 Å². The highest BCUT2D eigenvalue weighted by Gasteiger charge is 2.30. The monoisotopic (exact) mass is 443 g/mol. The molecule has 32 heavy (non-hydrogen) atoms. The lowest BCUT2D eigenvalue weighted by Crippen LogP contribution is -2.27. The molecule has 8 nitrogen and oxygen atoms in total. The van der Waals surface area contributed by atoms with Crippen LogP contribution in [-0.4, -0.2) is 33.0 Å². The lowest BCUT2D eigenvalue weighted by molar-refractivity contribution is 0.0696. The van der Waals surface area contributed by atoms with Crippen LogP contribution in [-0.2, 0) is 7.05 Å². The van der Waals surface area contributed by atoms with E-state index in [0.717, 1.165) is 4.68 Å². The molecule has 0 spiro atoms. The van der Waals surface area contributed by atoms with E-state index in [4.69, 9.17) is 9.84 Å². The van der Waals surface area contributed by atoms with Gasteiger partial charge in [0.2, 0.25) is 5.88 Å². The molecule has 0 saturated carbocycles. The molecule has 0 fully saturated rings. The predicted molar refractivity (Wildman–Crippen MR) is 109 cm³/mol. The van der Waals surface area contributed by atoms with Crippen molar-refractivity contribution in [3.63, 3.8) is 0 Å². The Labute approximate surface area is 181 Å². The van der Waals surface area contributed by atoms with E-state index in [2.05, 4.69) is 10.4 Å². The minimum Gasteiger partial charge on any atom is -0.478 e. The zero-order chi connectivity index (χ0) is 23.4. The number of aromatic nitrogens is 2. The minimum atomic E-state index is -3.04. The highest BCUT2D eigenvalue weighted by atomic mass is 19.3. The van der Waals surface area contributed by atoms with Crippen molar-refractivity contribution in [1.82, 2.24) is 15.1 Å². The maximum Gasteiger partial charge on any atom is 0.335 e. The fraction of sp³-hybridized carbons (Fsp3) is 0.182. The first-order valence-corrected chi connectivity index (χ1v) is 9.43. The molecule has 2 aromatic carbocycles. The van der Waals surface area contributed by atoms with Gasteiger partial charge in [-0.1, -0.05) is 24.3 Å². The Balaban J connectivity index is 1.91. The molecule has 166 valence electrons. The normalized spacial score (nSPS) is 11.8. The van der Waals surface area contributed by atoms with Crippen molar-refractivity contribution in [2.24, 2.45) is 7.05 Å². The number of ether oxygens (including phenoxy) is 1. The van der Waals surface area contributed by atoms with E-state index in [0.29, 0.717) is 17.4 Å². The lowest BCUT2D eigenvalue weighted by atomic mass is 10.1. The molecular formula is C22H19F2N3O5. The number of carboxylic acids is 1. The number of halogens is 2. The summed E-state index contributed by atoms with van der Waals surface area (Å²) in [4.78, 5) is 34.9. The van der Waals surface area contributed by atoms with E-state index in [1.165, 1.54) is 43.4 Å².